The zero-order chi connectivity index (χ0) is 14.9. The first-order valence-corrected chi connectivity index (χ1v) is 6.40. The van der Waals surface area contributed by atoms with Crippen LogP contribution in [0.2, 0.25) is 5.02 Å². The molecule has 1 heterocycles. The molecule has 2 N–H and O–H groups in total. The summed E-state index contributed by atoms with van der Waals surface area (Å²) in [5.41, 5.74) is 1.11. The van der Waals surface area contributed by atoms with E-state index >= 15 is 0 Å². The summed E-state index contributed by atoms with van der Waals surface area (Å²) in [4.78, 5) is 35.3. The highest BCUT2D eigenvalue weighted by atomic mass is 35.5. The van der Waals surface area contributed by atoms with Crippen LogP contribution < -0.4 is 10.6 Å². The van der Waals surface area contributed by atoms with E-state index in [1.165, 1.54) is 14.0 Å². The number of carbonyl (C=O) groups excluding carboxylic acids is 3. The van der Waals surface area contributed by atoms with Crippen molar-refractivity contribution < 1.29 is 14.4 Å². The van der Waals surface area contributed by atoms with Crippen LogP contribution in [-0.2, 0) is 14.4 Å². The topological polar surface area (TPSA) is 78.5 Å². The number of hydrogen-bond acceptors (Lipinski definition) is 4. The van der Waals surface area contributed by atoms with Gasteiger partial charge in [0, 0.05) is 19.7 Å². The molecule has 106 valence electrons. The number of likely N-dealkylation sites (N-methyl/N-ethyl adjacent to an activating group) is 1. The van der Waals surface area contributed by atoms with Crippen LogP contribution in [0.1, 0.15) is 13.3 Å². The Bertz CT molecular complexity index is 588. The molecule has 1 saturated heterocycles. The molecular weight excluding hydrogens is 282 g/mol. The van der Waals surface area contributed by atoms with Crippen LogP contribution in [0, 0.1) is 0 Å². The molecule has 1 unspecified atom stereocenters. The molecule has 1 atom stereocenters. The Balaban J connectivity index is 2.11. The SMILES string of the molecule is CC(=O)Nc1ccc(NC2CC(=O)N(C)C2=O)cc1Cl. The van der Waals surface area contributed by atoms with E-state index in [1.807, 2.05) is 0 Å². The molecule has 1 aromatic carbocycles. The van der Waals surface area contributed by atoms with Crippen LogP contribution in [0.3, 0.4) is 0 Å². The largest absolute Gasteiger partial charge is 0.373 e. The average Bonchev–Trinajstić information content (AvgIpc) is 2.60. The van der Waals surface area contributed by atoms with Gasteiger partial charge in [0.1, 0.15) is 6.04 Å². The maximum absolute atomic E-state index is 11.8. The summed E-state index contributed by atoms with van der Waals surface area (Å²) in [5, 5.41) is 5.91. The normalized spacial score (nSPS) is 18.4. The van der Waals surface area contributed by atoms with Crippen molar-refractivity contribution in [2.24, 2.45) is 0 Å². The number of halogens is 1. The van der Waals surface area contributed by atoms with E-state index in [-0.39, 0.29) is 24.1 Å². The zero-order valence-corrected chi connectivity index (χ0v) is 11.8. The van der Waals surface area contributed by atoms with Gasteiger partial charge >= 0.3 is 0 Å². The first-order valence-electron chi connectivity index (χ1n) is 6.02. The number of imide groups is 1. The fourth-order valence-corrected chi connectivity index (χ4v) is 2.19. The average molecular weight is 296 g/mol. The number of amides is 3. The summed E-state index contributed by atoms with van der Waals surface area (Å²) in [6, 6.07) is 4.35. The van der Waals surface area contributed by atoms with Crippen LogP contribution in [-0.4, -0.2) is 35.7 Å². The molecule has 2 rings (SSSR count). The molecule has 1 aliphatic rings. The minimum absolute atomic E-state index is 0.125. The van der Waals surface area contributed by atoms with Crippen molar-refractivity contribution in [3.05, 3.63) is 23.2 Å². The lowest BCUT2D eigenvalue weighted by Crippen LogP contribution is -2.31. The Morgan fingerprint density at radius 1 is 1.40 bits per heavy atom. The van der Waals surface area contributed by atoms with E-state index < -0.39 is 6.04 Å². The lowest BCUT2D eigenvalue weighted by atomic mass is 10.2. The van der Waals surface area contributed by atoms with E-state index in [2.05, 4.69) is 10.6 Å². The molecule has 7 heteroatoms. The first-order chi connectivity index (χ1) is 9.38. The number of hydrogen-bond donors (Lipinski definition) is 2. The highest BCUT2D eigenvalue weighted by molar-refractivity contribution is 6.34. The van der Waals surface area contributed by atoms with Crippen molar-refractivity contribution in [3.63, 3.8) is 0 Å². The maximum Gasteiger partial charge on any atom is 0.251 e. The van der Waals surface area contributed by atoms with E-state index in [9.17, 15) is 14.4 Å². The van der Waals surface area contributed by atoms with Crippen molar-refractivity contribution in [2.45, 2.75) is 19.4 Å². The van der Waals surface area contributed by atoms with Crippen LogP contribution in [0.5, 0.6) is 0 Å². The highest BCUT2D eigenvalue weighted by Crippen LogP contribution is 2.27. The first kappa shape index (κ1) is 14.3. The predicted octanol–water partition coefficient (Wildman–Crippen LogP) is 1.47. The van der Waals surface area contributed by atoms with Gasteiger partial charge in [-0.3, -0.25) is 19.3 Å². The molecule has 1 fully saturated rings. The number of benzene rings is 1. The Hall–Kier alpha value is -2.08. The van der Waals surface area contributed by atoms with Gasteiger partial charge in [-0.05, 0) is 18.2 Å². The smallest absolute Gasteiger partial charge is 0.251 e. The number of rotatable bonds is 3. The molecule has 1 aromatic rings. The molecule has 20 heavy (non-hydrogen) atoms. The second kappa shape index (κ2) is 5.50. The van der Waals surface area contributed by atoms with Crippen LogP contribution >= 0.6 is 11.6 Å². The van der Waals surface area contributed by atoms with E-state index in [1.54, 1.807) is 18.2 Å². The second-order valence-corrected chi connectivity index (χ2v) is 4.98. The van der Waals surface area contributed by atoms with Crippen molar-refractivity contribution in [2.75, 3.05) is 17.7 Å². The van der Waals surface area contributed by atoms with Crippen LogP contribution in [0.15, 0.2) is 18.2 Å². The van der Waals surface area contributed by atoms with Gasteiger partial charge in [-0.2, -0.15) is 0 Å². The third kappa shape index (κ3) is 2.91. The van der Waals surface area contributed by atoms with Crippen molar-refractivity contribution in [3.8, 4) is 0 Å². The van der Waals surface area contributed by atoms with Crippen LogP contribution in [0.4, 0.5) is 11.4 Å². The van der Waals surface area contributed by atoms with E-state index in [0.29, 0.717) is 16.4 Å². The van der Waals surface area contributed by atoms with Gasteiger partial charge in [-0.15, -0.1) is 0 Å². The Labute approximate surface area is 121 Å². The molecule has 3 amide bonds. The minimum atomic E-state index is -0.574. The maximum atomic E-state index is 11.8. The van der Waals surface area contributed by atoms with E-state index in [4.69, 9.17) is 11.6 Å². The monoisotopic (exact) mass is 295 g/mol. The standard InChI is InChI=1S/C13H14ClN3O3/c1-7(18)15-10-4-3-8(5-9(10)14)16-11-6-12(19)17(2)13(11)20/h3-5,11,16H,6H2,1-2H3,(H,15,18). The number of carbonyl (C=O) groups is 3. The lowest BCUT2D eigenvalue weighted by Gasteiger charge is -2.14. The summed E-state index contributed by atoms with van der Waals surface area (Å²) < 4.78 is 0. The lowest BCUT2D eigenvalue weighted by molar-refractivity contribution is -0.136. The number of likely N-dealkylation sites (tertiary alicyclic amines) is 1. The summed E-state index contributed by atoms with van der Waals surface area (Å²) in [6.45, 7) is 1.39. The third-order valence-electron chi connectivity index (χ3n) is 3.00. The summed E-state index contributed by atoms with van der Waals surface area (Å²) in [5.74, 6) is -0.698. The fourth-order valence-electron chi connectivity index (χ4n) is 1.97. The fraction of sp³-hybridized carbons (Fsp3) is 0.308. The summed E-state index contributed by atoms with van der Waals surface area (Å²) in [7, 11) is 1.46. The van der Waals surface area contributed by atoms with Gasteiger partial charge in [0.25, 0.3) is 5.91 Å². The molecular formula is C13H14ClN3O3. The Morgan fingerprint density at radius 2 is 2.10 bits per heavy atom. The van der Waals surface area contributed by atoms with Gasteiger partial charge in [-0.1, -0.05) is 11.6 Å². The summed E-state index contributed by atoms with van der Waals surface area (Å²) in [6.07, 6.45) is 0.125. The molecule has 0 aromatic heterocycles. The highest BCUT2D eigenvalue weighted by Gasteiger charge is 2.35. The van der Waals surface area contributed by atoms with Gasteiger partial charge in [0.15, 0.2) is 0 Å². The van der Waals surface area contributed by atoms with Crippen LogP contribution in [0.25, 0.3) is 0 Å². The third-order valence-corrected chi connectivity index (χ3v) is 3.31. The van der Waals surface area contributed by atoms with Gasteiger partial charge in [-0.25, -0.2) is 0 Å². The zero-order valence-electron chi connectivity index (χ0n) is 11.1. The van der Waals surface area contributed by atoms with E-state index in [0.717, 1.165) is 4.90 Å². The molecule has 0 bridgehead atoms. The molecule has 0 spiro atoms. The predicted molar refractivity (Wildman–Crippen MR) is 75.6 cm³/mol. The van der Waals surface area contributed by atoms with Crippen molar-refractivity contribution in [1.82, 2.24) is 4.90 Å². The van der Waals surface area contributed by atoms with Gasteiger partial charge < -0.3 is 10.6 Å². The number of nitrogens with one attached hydrogen (secondary N) is 2. The summed E-state index contributed by atoms with van der Waals surface area (Å²) >= 11 is 6.04. The Morgan fingerprint density at radius 3 is 2.60 bits per heavy atom. The number of nitrogens with zero attached hydrogens (tertiary/aromatic N) is 1. The second-order valence-electron chi connectivity index (χ2n) is 4.57. The van der Waals surface area contributed by atoms with Gasteiger partial charge in [0.2, 0.25) is 11.8 Å². The molecule has 6 nitrogen and oxygen atoms in total. The van der Waals surface area contributed by atoms with Crippen molar-refractivity contribution >= 4 is 40.7 Å². The quantitative estimate of drug-likeness (QED) is 0.828. The molecule has 1 aliphatic heterocycles. The molecule has 0 aliphatic carbocycles. The molecule has 0 radical (unpaired) electrons. The number of anilines is 2. The Kier molecular flexibility index (Phi) is 3.94. The van der Waals surface area contributed by atoms with Gasteiger partial charge in [0.05, 0.1) is 17.1 Å². The van der Waals surface area contributed by atoms with Crippen molar-refractivity contribution in [1.29, 1.82) is 0 Å². The minimum Gasteiger partial charge on any atom is -0.373 e. The molecule has 0 saturated carbocycles.